The molecule has 0 aromatic heterocycles. The summed E-state index contributed by atoms with van der Waals surface area (Å²) < 4.78 is 26.5. The van der Waals surface area contributed by atoms with Gasteiger partial charge in [0.1, 0.15) is 0 Å². The molecule has 108 valence electrons. The van der Waals surface area contributed by atoms with E-state index >= 15 is 0 Å². The SMILES string of the molecule is CCCC(C)N(C)S(=O)(=O)c1cc(C)c(C)c(N)c1. The van der Waals surface area contributed by atoms with Crippen LogP contribution >= 0.6 is 0 Å². The Bertz CT molecular complexity index is 530. The summed E-state index contributed by atoms with van der Waals surface area (Å²) in [5.74, 6) is 0. The average Bonchev–Trinajstić information content (AvgIpc) is 2.34. The lowest BCUT2D eigenvalue weighted by Gasteiger charge is -2.24. The zero-order valence-corrected chi connectivity index (χ0v) is 13.2. The topological polar surface area (TPSA) is 63.4 Å². The molecule has 0 radical (unpaired) electrons. The minimum atomic E-state index is -3.47. The molecule has 1 rings (SSSR count). The van der Waals surface area contributed by atoms with E-state index in [1.807, 2.05) is 27.7 Å². The maximum Gasteiger partial charge on any atom is 0.243 e. The van der Waals surface area contributed by atoms with Crippen LogP contribution in [0, 0.1) is 13.8 Å². The first-order valence-electron chi connectivity index (χ1n) is 6.56. The quantitative estimate of drug-likeness (QED) is 0.846. The van der Waals surface area contributed by atoms with Crippen LogP contribution in [0.1, 0.15) is 37.8 Å². The lowest BCUT2D eigenvalue weighted by molar-refractivity contribution is 0.368. The number of hydrogen-bond donors (Lipinski definition) is 1. The number of hydrogen-bond acceptors (Lipinski definition) is 3. The Morgan fingerprint density at radius 1 is 1.32 bits per heavy atom. The van der Waals surface area contributed by atoms with E-state index in [2.05, 4.69) is 0 Å². The molecule has 1 aromatic rings. The number of benzene rings is 1. The molecule has 0 aliphatic carbocycles. The first-order valence-corrected chi connectivity index (χ1v) is 8.00. The van der Waals surface area contributed by atoms with E-state index in [0.29, 0.717) is 5.69 Å². The van der Waals surface area contributed by atoms with Crippen molar-refractivity contribution in [2.24, 2.45) is 0 Å². The maximum absolute atomic E-state index is 12.5. The summed E-state index contributed by atoms with van der Waals surface area (Å²) in [7, 11) is -1.84. The van der Waals surface area contributed by atoms with E-state index < -0.39 is 10.0 Å². The molecule has 0 saturated heterocycles. The fourth-order valence-electron chi connectivity index (χ4n) is 2.00. The highest BCUT2D eigenvalue weighted by Gasteiger charge is 2.25. The van der Waals surface area contributed by atoms with Gasteiger partial charge in [0.2, 0.25) is 10.0 Å². The van der Waals surface area contributed by atoms with Crippen LogP contribution in [0.2, 0.25) is 0 Å². The van der Waals surface area contributed by atoms with Gasteiger partial charge >= 0.3 is 0 Å². The van der Waals surface area contributed by atoms with E-state index in [4.69, 9.17) is 5.73 Å². The van der Waals surface area contributed by atoms with Crippen molar-refractivity contribution in [2.45, 2.75) is 51.5 Å². The van der Waals surface area contributed by atoms with Crippen molar-refractivity contribution >= 4 is 15.7 Å². The van der Waals surface area contributed by atoms with Crippen LogP contribution in [-0.2, 0) is 10.0 Å². The molecule has 4 nitrogen and oxygen atoms in total. The molecule has 1 unspecified atom stereocenters. The number of aryl methyl sites for hydroxylation is 1. The van der Waals surface area contributed by atoms with Crippen molar-refractivity contribution in [1.82, 2.24) is 4.31 Å². The summed E-state index contributed by atoms with van der Waals surface area (Å²) in [5, 5.41) is 0. The van der Waals surface area contributed by atoms with Gasteiger partial charge in [-0.1, -0.05) is 13.3 Å². The molecule has 0 bridgehead atoms. The van der Waals surface area contributed by atoms with Gasteiger partial charge in [0.15, 0.2) is 0 Å². The third-order valence-electron chi connectivity index (χ3n) is 3.69. The van der Waals surface area contributed by atoms with Crippen molar-refractivity contribution in [2.75, 3.05) is 12.8 Å². The molecule has 1 aromatic carbocycles. The minimum absolute atomic E-state index is 0.0159. The van der Waals surface area contributed by atoms with Gasteiger partial charge in [-0.05, 0) is 50.5 Å². The summed E-state index contributed by atoms with van der Waals surface area (Å²) in [6, 6.07) is 3.22. The summed E-state index contributed by atoms with van der Waals surface area (Å²) in [5.41, 5.74) is 8.23. The van der Waals surface area contributed by atoms with Gasteiger partial charge in [-0.3, -0.25) is 0 Å². The standard InChI is InChI=1S/C14H24N2O2S/c1-6-7-11(3)16(5)19(17,18)13-8-10(2)12(4)14(15)9-13/h8-9,11H,6-7,15H2,1-5H3. The number of rotatable bonds is 5. The lowest BCUT2D eigenvalue weighted by atomic mass is 10.1. The molecule has 0 saturated carbocycles. The largest absolute Gasteiger partial charge is 0.398 e. The Balaban J connectivity index is 3.21. The summed E-state index contributed by atoms with van der Waals surface area (Å²) >= 11 is 0. The molecule has 0 fully saturated rings. The zero-order chi connectivity index (χ0) is 14.8. The Labute approximate surface area is 116 Å². The number of anilines is 1. The fraction of sp³-hybridized carbons (Fsp3) is 0.571. The predicted octanol–water partition coefficient (Wildman–Crippen LogP) is 2.69. The third-order valence-corrected chi connectivity index (χ3v) is 5.63. The molecule has 0 heterocycles. The molecule has 0 amide bonds. The highest BCUT2D eigenvalue weighted by Crippen LogP contribution is 2.25. The summed E-state index contributed by atoms with van der Waals surface area (Å²) in [6.07, 6.45) is 1.80. The third kappa shape index (κ3) is 3.28. The number of nitrogen functional groups attached to an aromatic ring is 1. The minimum Gasteiger partial charge on any atom is -0.398 e. The van der Waals surface area contributed by atoms with E-state index in [9.17, 15) is 8.42 Å². The molecule has 0 aliphatic rings. The van der Waals surface area contributed by atoms with Crippen LogP contribution in [0.4, 0.5) is 5.69 Å². The predicted molar refractivity (Wildman–Crippen MR) is 79.6 cm³/mol. The molecule has 0 aliphatic heterocycles. The number of sulfonamides is 1. The van der Waals surface area contributed by atoms with Gasteiger partial charge in [0.25, 0.3) is 0 Å². The first kappa shape index (κ1) is 16.0. The van der Waals surface area contributed by atoms with Crippen LogP contribution in [0.25, 0.3) is 0 Å². The Kier molecular flexibility index (Phi) is 4.98. The van der Waals surface area contributed by atoms with Crippen LogP contribution in [0.5, 0.6) is 0 Å². The van der Waals surface area contributed by atoms with Crippen LogP contribution < -0.4 is 5.73 Å². The van der Waals surface area contributed by atoms with Gasteiger partial charge in [-0.15, -0.1) is 0 Å². The van der Waals surface area contributed by atoms with Gasteiger partial charge < -0.3 is 5.73 Å². The lowest BCUT2D eigenvalue weighted by Crippen LogP contribution is -2.35. The summed E-state index contributed by atoms with van der Waals surface area (Å²) in [6.45, 7) is 7.74. The second-order valence-electron chi connectivity index (χ2n) is 5.11. The van der Waals surface area contributed by atoms with Crippen LogP contribution in [-0.4, -0.2) is 25.8 Å². The number of nitrogens with two attached hydrogens (primary N) is 1. The van der Waals surface area contributed by atoms with Crippen molar-refractivity contribution < 1.29 is 8.42 Å². The highest BCUT2D eigenvalue weighted by molar-refractivity contribution is 7.89. The van der Waals surface area contributed by atoms with Crippen molar-refractivity contribution in [3.05, 3.63) is 23.3 Å². The molecule has 5 heteroatoms. The molecular weight excluding hydrogens is 260 g/mol. The van der Waals surface area contributed by atoms with E-state index in [1.165, 1.54) is 4.31 Å². The molecule has 19 heavy (non-hydrogen) atoms. The van der Waals surface area contributed by atoms with E-state index in [0.717, 1.165) is 24.0 Å². The second-order valence-corrected chi connectivity index (χ2v) is 7.11. The summed E-state index contributed by atoms with van der Waals surface area (Å²) in [4.78, 5) is 0.276. The number of nitrogens with zero attached hydrogens (tertiary/aromatic N) is 1. The van der Waals surface area contributed by atoms with Gasteiger partial charge in [0, 0.05) is 18.8 Å². The normalized spacial score (nSPS) is 13.8. The van der Waals surface area contributed by atoms with Crippen molar-refractivity contribution in [3.63, 3.8) is 0 Å². The highest BCUT2D eigenvalue weighted by atomic mass is 32.2. The first-order chi connectivity index (χ1) is 8.71. The average molecular weight is 284 g/mol. The van der Waals surface area contributed by atoms with E-state index in [-0.39, 0.29) is 10.9 Å². The molecule has 0 spiro atoms. The van der Waals surface area contributed by atoms with E-state index in [1.54, 1.807) is 19.2 Å². The zero-order valence-electron chi connectivity index (χ0n) is 12.4. The fourth-order valence-corrected chi connectivity index (χ4v) is 3.52. The molecule has 2 N–H and O–H groups in total. The van der Waals surface area contributed by atoms with Crippen molar-refractivity contribution in [1.29, 1.82) is 0 Å². The maximum atomic E-state index is 12.5. The van der Waals surface area contributed by atoms with Crippen LogP contribution in [0.3, 0.4) is 0 Å². The smallest absolute Gasteiger partial charge is 0.243 e. The molecule has 1 atom stereocenters. The van der Waals surface area contributed by atoms with Gasteiger partial charge in [0.05, 0.1) is 4.90 Å². The second kappa shape index (κ2) is 5.92. The van der Waals surface area contributed by atoms with Gasteiger partial charge in [-0.2, -0.15) is 4.31 Å². The van der Waals surface area contributed by atoms with Crippen molar-refractivity contribution in [3.8, 4) is 0 Å². The Morgan fingerprint density at radius 2 is 1.89 bits per heavy atom. The van der Waals surface area contributed by atoms with Gasteiger partial charge in [-0.25, -0.2) is 8.42 Å². The molecular formula is C14H24N2O2S. The Hall–Kier alpha value is -1.07. The Morgan fingerprint density at radius 3 is 2.37 bits per heavy atom. The monoisotopic (exact) mass is 284 g/mol. The van der Waals surface area contributed by atoms with Crippen LogP contribution in [0.15, 0.2) is 17.0 Å².